The third-order valence-electron chi connectivity index (χ3n) is 5.21. The molecule has 0 bridgehead atoms. The summed E-state index contributed by atoms with van der Waals surface area (Å²) in [5.41, 5.74) is 3.42. The molecule has 0 saturated carbocycles. The summed E-state index contributed by atoms with van der Waals surface area (Å²) in [5, 5.41) is 0. The molecule has 1 aromatic carbocycles. The van der Waals surface area contributed by atoms with Crippen LogP contribution in [0.25, 0.3) is 0 Å². The average Bonchev–Trinajstić information content (AvgIpc) is 3.10. The second-order valence-corrected chi connectivity index (χ2v) is 10.4. The number of aliphatic imine (C=N–C) groups is 1. The number of fused-ring (bicyclic) bond motifs is 1. The lowest BCUT2D eigenvalue weighted by Gasteiger charge is -2.41. The van der Waals surface area contributed by atoms with Gasteiger partial charge in [-0.15, -0.1) is 4.90 Å². The quantitative estimate of drug-likeness (QED) is 0.619. The van der Waals surface area contributed by atoms with E-state index in [1.54, 1.807) is 48.5 Å². The van der Waals surface area contributed by atoms with E-state index in [0.29, 0.717) is 10.6 Å². The van der Waals surface area contributed by atoms with Crippen molar-refractivity contribution >= 4 is 23.9 Å². The zero-order chi connectivity index (χ0) is 24.8. The van der Waals surface area contributed by atoms with Crippen LogP contribution in [0.3, 0.4) is 0 Å². The lowest BCUT2D eigenvalue weighted by molar-refractivity contribution is 0.000591. The maximum absolute atomic E-state index is 14.9. The summed E-state index contributed by atoms with van der Waals surface area (Å²) < 4.78 is 37.3. The number of amidine groups is 1. The van der Waals surface area contributed by atoms with E-state index >= 15 is 0 Å². The van der Waals surface area contributed by atoms with E-state index < -0.39 is 40.8 Å². The van der Waals surface area contributed by atoms with Crippen molar-refractivity contribution in [1.29, 1.82) is 0 Å². The molecule has 0 spiro atoms. The minimum Gasteiger partial charge on any atom is -0.458 e. The summed E-state index contributed by atoms with van der Waals surface area (Å²) >= 11 is 0. The van der Waals surface area contributed by atoms with Crippen LogP contribution < -0.4 is 5.73 Å². The summed E-state index contributed by atoms with van der Waals surface area (Å²) in [5.74, 6) is -0.903. The first-order valence-electron chi connectivity index (χ1n) is 10.8. The number of hydrogen-bond donors (Lipinski definition) is 1. The van der Waals surface area contributed by atoms with Gasteiger partial charge in [0.15, 0.2) is 0 Å². The molecular weight excluding hydrogens is 433 g/mol. The molecule has 9 nitrogen and oxygen atoms in total. The van der Waals surface area contributed by atoms with E-state index in [2.05, 4.69) is 4.99 Å². The van der Waals surface area contributed by atoms with Crippen LogP contribution in [0.2, 0.25) is 0 Å². The Bertz CT molecular complexity index is 940. The Balaban J connectivity index is 2.13. The van der Waals surface area contributed by atoms with Crippen molar-refractivity contribution in [3.8, 4) is 0 Å². The minimum absolute atomic E-state index is 0.180. The number of carbonyl (C=O) groups is 2. The van der Waals surface area contributed by atoms with Gasteiger partial charge in [-0.3, -0.25) is 0 Å². The normalized spacial score (nSPS) is 24.9. The maximum Gasteiger partial charge on any atom is 0.428 e. The fourth-order valence-corrected chi connectivity index (χ4v) is 3.76. The molecule has 2 N–H and O–H groups in total. The molecule has 2 amide bonds. The zero-order valence-electron chi connectivity index (χ0n) is 20.1. The summed E-state index contributed by atoms with van der Waals surface area (Å²) in [6.45, 7) is 12.1. The number of rotatable bonds is 1. The molecule has 0 aromatic heterocycles. The summed E-state index contributed by atoms with van der Waals surface area (Å²) in [4.78, 5) is 31.3. The topological polar surface area (TPSA) is 113 Å². The molecule has 3 atom stereocenters. The number of nitrogen functional groups attached to an aromatic ring is 1. The van der Waals surface area contributed by atoms with Crippen LogP contribution in [0, 0.1) is 11.7 Å². The molecule has 10 heteroatoms. The van der Waals surface area contributed by atoms with Crippen LogP contribution in [0.4, 0.5) is 19.7 Å². The van der Waals surface area contributed by atoms with Crippen molar-refractivity contribution < 1.29 is 32.9 Å². The highest BCUT2D eigenvalue weighted by Crippen LogP contribution is 2.44. The van der Waals surface area contributed by atoms with Crippen molar-refractivity contribution in [2.75, 3.05) is 18.9 Å². The van der Waals surface area contributed by atoms with Crippen LogP contribution >= 0.6 is 0 Å². The van der Waals surface area contributed by atoms with E-state index in [4.69, 9.17) is 24.7 Å². The van der Waals surface area contributed by atoms with Gasteiger partial charge in [-0.2, -0.15) is 0 Å². The number of amides is 2. The molecule has 182 valence electrons. The van der Waals surface area contributed by atoms with Gasteiger partial charge in [0.05, 0.1) is 24.7 Å². The van der Waals surface area contributed by atoms with Gasteiger partial charge in [-0.05, 0) is 66.7 Å². The van der Waals surface area contributed by atoms with Gasteiger partial charge < -0.3 is 24.7 Å². The van der Waals surface area contributed by atoms with E-state index in [1.807, 2.05) is 0 Å². The van der Waals surface area contributed by atoms with Gasteiger partial charge in [-0.25, -0.2) is 19.0 Å². The van der Waals surface area contributed by atoms with Crippen LogP contribution in [-0.2, 0) is 24.5 Å². The molecule has 0 radical (unpaired) electrons. The Morgan fingerprint density at radius 1 is 1.12 bits per heavy atom. The number of ether oxygens (including phenoxy) is 4. The summed E-state index contributed by atoms with van der Waals surface area (Å²) in [6.07, 6.45) is -2.64. The van der Waals surface area contributed by atoms with Gasteiger partial charge >= 0.3 is 18.2 Å². The Morgan fingerprint density at radius 2 is 1.70 bits per heavy atom. The number of anilines is 1. The van der Waals surface area contributed by atoms with Gasteiger partial charge in [-0.1, -0.05) is 0 Å². The van der Waals surface area contributed by atoms with E-state index in [1.165, 1.54) is 18.2 Å². The SMILES string of the molecule is CC(C)(C)OC(=O)N(C(=O)OC(C)(C)C)C1=N[C@](C)(c2cc(N)ccc2F)[C@H]2COC[C@H]2O1. The number of carbonyl (C=O) groups excluding carboxylic acids is 2. The van der Waals surface area contributed by atoms with Crippen molar-refractivity contribution in [2.24, 2.45) is 10.9 Å². The second kappa shape index (κ2) is 8.48. The highest BCUT2D eigenvalue weighted by atomic mass is 19.1. The highest BCUT2D eigenvalue weighted by molar-refractivity contribution is 6.06. The first kappa shape index (κ1) is 24.8. The Labute approximate surface area is 193 Å². The number of nitrogens with zero attached hydrogens (tertiary/aromatic N) is 2. The number of halogens is 1. The molecule has 1 saturated heterocycles. The third kappa shape index (κ3) is 5.38. The molecule has 0 unspecified atom stereocenters. The number of nitrogens with two attached hydrogens (primary N) is 1. The Hall–Kier alpha value is -2.88. The smallest absolute Gasteiger partial charge is 0.428 e. The zero-order valence-corrected chi connectivity index (χ0v) is 20.1. The van der Waals surface area contributed by atoms with Crippen LogP contribution in [0.1, 0.15) is 54.0 Å². The lowest BCUT2D eigenvalue weighted by atomic mass is 9.77. The van der Waals surface area contributed by atoms with Crippen molar-refractivity contribution in [3.05, 3.63) is 29.6 Å². The monoisotopic (exact) mass is 465 g/mol. The number of imide groups is 1. The molecule has 33 heavy (non-hydrogen) atoms. The second-order valence-electron chi connectivity index (χ2n) is 10.4. The fourth-order valence-electron chi connectivity index (χ4n) is 3.76. The molecule has 0 aliphatic carbocycles. The lowest BCUT2D eigenvalue weighted by Crippen LogP contribution is -2.54. The van der Waals surface area contributed by atoms with Crippen molar-refractivity contribution in [3.63, 3.8) is 0 Å². The molecule has 2 aliphatic heterocycles. The Morgan fingerprint density at radius 3 is 2.24 bits per heavy atom. The van der Waals surface area contributed by atoms with Crippen LogP contribution in [0.15, 0.2) is 23.2 Å². The number of hydrogen-bond acceptors (Lipinski definition) is 8. The van der Waals surface area contributed by atoms with Gasteiger partial charge in [0.2, 0.25) is 0 Å². The van der Waals surface area contributed by atoms with Gasteiger partial charge in [0.25, 0.3) is 0 Å². The van der Waals surface area contributed by atoms with Gasteiger partial charge in [0, 0.05) is 11.3 Å². The molecular formula is C23H32FN3O6. The minimum atomic E-state index is -1.24. The average molecular weight is 466 g/mol. The standard InChI is InChI=1S/C23H32FN3O6/c1-21(2,3)32-19(28)27(20(29)33-22(4,5)6)18-26-23(7,15-11-30-12-17(15)31-18)14-10-13(25)8-9-16(14)24/h8-10,15,17H,11-12,25H2,1-7H3/t15-,17+,23+/m0/s1. The summed E-state index contributed by atoms with van der Waals surface area (Å²) in [7, 11) is 0. The summed E-state index contributed by atoms with van der Waals surface area (Å²) in [6, 6.07) is 3.84. The van der Waals surface area contributed by atoms with Crippen molar-refractivity contribution in [2.45, 2.75) is 71.3 Å². The fraction of sp³-hybridized carbons (Fsp3) is 0.609. The molecule has 2 heterocycles. The van der Waals surface area contributed by atoms with Crippen molar-refractivity contribution in [1.82, 2.24) is 4.90 Å². The van der Waals surface area contributed by atoms with E-state index in [-0.39, 0.29) is 30.7 Å². The first-order valence-corrected chi connectivity index (χ1v) is 10.8. The number of benzene rings is 1. The first-order chi connectivity index (χ1) is 15.1. The van der Waals surface area contributed by atoms with E-state index in [9.17, 15) is 14.0 Å². The predicted octanol–water partition coefficient (Wildman–Crippen LogP) is 4.20. The molecule has 3 rings (SSSR count). The third-order valence-corrected chi connectivity index (χ3v) is 5.21. The Kier molecular flexibility index (Phi) is 6.36. The largest absolute Gasteiger partial charge is 0.458 e. The molecule has 2 aliphatic rings. The highest BCUT2D eigenvalue weighted by Gasteiger charge is 2.53. The molecule has 1 aromatic rings. The van der Waals surface area contributed by atoms with Crippen LogP contribution in [0.5, 0.6) is 0 Å². The van der Waals surface area contributed by atoms with Crippen LogP contribution in [-0.4, -0.2) is 53.6 Å². The van der Waals surface area contributed by atoms with E-state index in [0.717, 1.165) is 0 Å². The van der Waals surface area contributed by atoms with Gasteiger partial charge in [0.1, 0.15) is 23.1 Å². The predicted molar refractivity (Wildman–Crippen MR) is 119 cm³/mol. The molecule has 1 fully saturated rings. The maximum atomic E-state index is 14.9.